The summed E-state index contributed by atoms with van der Waals surface area (Å²) < 4.78 is 1.01. The highest BCUT2D eigenvalue weighted by Gasteiger charge is 2.16. The van der Waals surface area contributed by atoms with Crippen molar-refractivity contribution in [2.75, 3.05) is 46.3 Å². The molecule has 1 aromatic carbocycles. The van der Waals surface area contributed by atoms with E-state index in [0.717, 1.165) is 55.7 Å². The Balaban J connectivity index is 1.84. The molecule has 1 saturated heterocycles. The molecule has 1 aliphatic rings. The summed E-state index contributed by atoms with van der Waals surface area (Å²) >= 11 is 3.48. The Morgan fingerprint density at radius 1 is 1.29 bits per heavy atom. The molecule has 1 fully saturated rings. The number of halogens is 1. The molecule has 1 heterocycles. The lowest BCUT2D eigenvalue weighted by Crippen LogP contribution is -2.46. The molecule has 2 N–H and O–H groups in total. The number of rotatable bonds is 6. The lowest BCUT2D eigenvalue weighted by Gasteiger charge is -2.32. The second-order valence-electron chi connectivity index (χ2n) is 5.76. The molecule has 0 saturated carbocycles. The summed E-state index contributed by atoms with van der Waals surface area (Å²) in [6.07, 6.45) is 0.965. The number of phenolic OH excluding ortho intramolecular Hbond substituents is 1. The second kappa shape index (κ2) is 8.13. The summed E-state index contributed by atoms with van der Waals surface area (Å²) in [5, 5.41) is 13.6. The third-order valence-electron chi connectivity index (χ3n) is 4.19. The first-order valence-corrected chi connectivity index (χ1v) is 8.52. The Bertz CT molecular complexity index is 447. The lowest BCUT2D eigenvalue weighted by atomic mass is 10.0. The van der Waals surface area contributed by atoms with E-state index in [2.05, 4.69) is 45.0 Å². The maximum Gasteiger partial charge on any atom is 0.120 e. The minimum atomic E-state index is 0.204. The van der Waals surface area contributed by atoms with Crippen LogP contribution in [-0.4, -0.2) is 61.2 Å². The summed E-state index contributed by atoms with van der Waals surface area (Å²) in [5.41, 5.74) is 0.977. The van der Waals surface area contributed by atoms with E-state index in [1.807, 2.05) is 12.1 Å². The van der Waals surface area contributed by atoms with Crippen LogP contribution in [0.4, 0.5) is 0 Å². The molecule has 21 heavy (non-hydrogen) atoms. The minimum absolute atomic E-state index is 0.204. The van der Waals surface area contributed by atoms with E-state index in [4.69, 9.17) is 0 Å². The number of benzene rings is 1. The van der Waals surface area contributed by atoms with E-state index < -0.39 is 0 Å². The molecule has 0 aliphatic carbocycles. The van der Waals surface area contributed by atoms with Gasteiger partial charge in [-0.25, -0.2) is 0 Å². The van der Waals surface area contributed by atoms with Gasteiger partial charge in [-0.05, 0) is 31.7 Å². The van der Waals surface area contributed by atoms with E-state index >= 15 is 0 Å². The van der Waals surface area contributed by atoms with E-state index in [0.29, 0.717) is 5.75 Å². The molecular weight excluding hydrogens is 330 g/mol. The second-order valence-corrected chi connectivity index (χ2v) is 6.68. The smallest absolute Gasteiger partial charge is 0.120 e. The van der Waals surface area contributed by atoms with Gasteiger partial charge >= 0.3 is 0 Å². The first kappa shape index (κ1) is 16.7. The number of aromatic hydroxyl groups is 1. The van der Waals surface area contributed by atoms with Crippen LogP contribution in [0.5, 0.6) is 5.75 Å². The van der Waals surface area contributed by atoms with Gasteiger partial charge in [0.1, 0.15) is 5.75 Å². The molecule has 0 bridgehead atoms. The maximum absolute atomic E-state index is 10.0. The molecule has 0 aromatic heterocycles. The van der Waals surface area contributed by atoms with Crippen LogP contribution in [0.3, 0.4) is 0 Å². The summed E-state index contributed by atoms with van der Waals surface area (Å²) in [5.74, 6) is 0.372. The Hall–Kier alpha value is -0.620. The molecule has 118 valence electrons. The van der Waals surface area contributed by atoms with Crippen molar-refractivity contribution < 1.29 is 5.11 Å². The van der Waals surface area contributed by atoms with Gasteiger partial charge in [0.05, 0.1) is 0 Å². The number of nitrogens with one attached hydrogen (secondary N) is 1. The monoisotopic (exact) mass is 355 g/mol. The number of phenols is 1. The van der Waals surface area contributed by atoms with Crippen molar-refractivity contribution in [2.24, 2.45) is 0 Å². The number of hydrogen-bond acceptors (Lipinski definition) is 4. The molecule has 1 aromatic rings. The highest BCUT2D eigenvalue weighted by molar-refractivity contribution is 9.10. The van der Waals surface area contributed by atoms with E-state index in [1.54, 1.807) is 6.07 Å². The van der Waals surface area contributed by atoms with Gasteiger partial charge in [-0.2, -0.15) is 0 Å². The van der Waals surface area contributed by atoms with Crippen molar-refractivity contribution in [3.63, 3.8) is 0 Å². The minimum Gasteiger partial charge on any atom is -0.508 e. The Morgan fingerprint density at radius 2 is 2.00 bits per heavy atom. The molecular formula is C16H26BrN3O. The fourth-order valence-electron chi connectivity index (χ4n) is 2.75. The molecule has 0 radical (unpaired) electrons. The Labute approximate surface area is 136 Å². The number of piperazine rings is 1. The zero-order valence-electron chi connectivity index (χ0n) is 13.0. The maximum atomic E-state index is 10.0. The third kappa shape index (κ3) is 4.95. The largest absolute Gasteiger partial charge is 0.508 e. The van der Waals surface area contributed by atoms with Crippen molar-refractivity contribution in [3.8, 4) is 5.75 Å². The van der Waals surface area contributed by atoms with Crippen LogP contribution in [-0.2, 0) is 0 Å². The van der Waals surface area contributed by atoms with Crippen LogP contribution in [0.25, 0.3) is 0 Å². The summed E-state index contributed by atoms with van der Waals surface area (Å²) in [6.45, 7) is 8.78. The third-order valence-corrected chi connectivity index (χ3v) is 4.68. The zero-order chi connectivity index (χ0) is 15.2. The van der Waals surface area contributed by atoms with Crippen LogP contribution < -0.4 is 5.32 Å². The van der Waals surface area contributed by atoms with Gasteiger partial charge in [-0.3, -0.25) is 4.90 Å². The van der Waals surface area contributed by atoms with E-state index in [1.165, 1.54) is 0 Å². The predicted molar refractivity (Wildman–Crippen MR) is 90.8 cm³/mol. The Kier molecular flexibility index (Phi) is 6.48. The number of nitrogens with zero attached hydrogens (tertiary/aromatic N) is 2. The van der Waals surface area contributed by atoms with Crippen LogP contribution in [0, 0.1) is 0 Å². The first-order valence-electron chi connectivity index (χ1n) is 7.73. The molecule has 1 atom stereocenters. The number of hydrogen-bond donors (Lipinski definition) is 2. The Morgan fingerprint density at radius 3 is 2.67 bits per heavy atom. The average molecular weight is 356 g/mol. The predicted octanol–water partition coefficient (Wildman–Crippen LogP) is 2.44. The average Bonchev–Trinajstić information content (AvgIpc) is 2.48. The van der Waals surface area contributed by atoms with Gasteiger partial charge in [0.25, 0.3) is 0 Å². The fraction of sp³-hybridized carbons (Fsp3) is 0.625. The molecule has 0 spiro atoms. The lowest BCUT2D eigenvalue weighted by molar-refractivity contribution is 0.153. The standard InChI is InChI=1S/C16H26BrN3O/c1-3-15(14-12-13(17)4-5-16(14)21)18-6-7-20-10-8-19(2)9-11-20/h4-5,12,15,18,21H,3,6-11H2,1-2H3. The van der Waals surface area contributed by atoms with Gasteiger partial charge in [-0.1, -0.05) is 22.9 Å². The fourth-order valence-corrected chi connectivity index (χ4v) is 3.13. The van der Waals surface area contributed by atoms with Crippen LogP contribution in [0.15, 0.2) is 22.7 Å². The van der Waals surface area contributed by atoms with E-state index in [-0.39, 0.29) is 6.04 Å². The summed E-state index contributed by atoms with van der Waals surface area (Å²) in [7, 11) is 2.18. The molecule has 5 heteroatoms. The van der Waals surface area contributed by atoms with Gasteiger partial charge in [0.15, 0.2) is 0 Å². The number of likely N-dealkylation sites (N-methyl/N-ethyl adjacent to an activating group) is 1. The quantitative estimate of drug-likeness (QED) is 0.821. The van der Waals surface area contributed by atoms with Gasteiger partial charge in [0.2, 0.25) is 0 Å². The zero-order valence-corrected chi connectivity index (χ0v) is 14.6. The van der Waals surface area contributed by atoms with Crippen LogP contribution in [0.1, 0.15) is 24.9 Å². The van der Waals surface area contributed by atoms with Crippen LogP contribution >= 0.6 is 15.9 Å². The highest BCUT2D eigenvalue weighted by atomic mass is 79.9. The molecule has 4 nitrogen and oxygen atoms in total. The molecule has 1 unspecified atom stereocenters. The van der Waals surface area contributed by atoms with Gasteiger partial charge in [-0.15, -0.1) is 0 Å². The summed E-state index contributed by atoms with van der Waals surface area (Å²) in [4.78, 5) is 4.87. The van der Waals surface area contributed by atoms with Crippen molar-refractivity contribution >= 4 is 15.9 Å². The van der Waals surface area contributed by atoms with Crippen molar-refractivity contribution in [1.82, 2.24) is 15.1 Å². The van der Waals surface area contributed by atoms with Crippen LogP contribution in [0.2, 0.25) is 0 Å². The summed E-state index contributed by atoms with van der Waals surface area (Å²) in [6, 6.07) is 5.83. The van der Waals surface area contributed by atoms with Gasteiger partial charge in [0, 0.05) is 55.3 Å². The van der Waals surface area contributed by atoms with Crippen molar-refractivity contribution in [1.29, 1.82) is 0 Å². The molecule has 0 amide bonds. The molecule has 1 aliphatic heterocycles. The highest BCUT2D eigenvalue weighted by Crippen LogP contribution is 2.29. The normalized spacial score (nSPS) is 18.8. The molecule has 2 rings (SSSR count). The van der Waals surface area contributed by atoms with E-state index in [9.17, 15) is 5.11 Å². The van der Waals surface area contributed by atoms with Crippen molar-refractivity contribution in [2.45, 2.75) is 19.4 Å². The van der Waals surface area contributed by atoms with Gasteiger partial charge < -0.3 is 15.3 Å². The van der Waals surface area contributed by atoms with Crippen molar-refractivity contribution in [3.05, 3.63) is 28.2 Å². The topological polar surface area (TPSA) is 38.7 Å². The SMILES string of the molecule is CCC(NCCN1CCN(C)CC1)c1cc(Br)ccc1O. The first-order chi connectivity index (χ1) is 10.1.